The van der Waals surface area contributed by atoms with Gasteiger partial charge in [0.05, 0.1) is 12.7 Å². The molecule has 0 aliphatic rings. The lowest BCUT2D eigenvalue weighted by atomic mass is 10.0. The van der Waals surface area contributed by atoms with Crippen LogP contribution >= 0.6 is 0 Å². The summed E-state index contributed by atoms with van der Waals surface area (Å²) in [6.07, 6.45) is 1.02. The van der Waals surface area contributed by atoms with Crippen LogP contribution in [-0.4, -0.2) is 7.11 Å². The van der Waals surface area contributed by atoms with E-state index < -0.39 is 0 Å². The lowest BCUT2D eigenvalue weighted by molar-refractivity contribution is 0.413. The summed E-state index contributed by atoms with van der Waals surface area (Å²) in [7, 11) is 1.58. The Bertz CT molecular complexity index is 617. The van der Waals surface area contributed by atoms with Crippen LogP contribution in [0.2, 0.25) is 0 Å². The van der Waals surface area contributed by atoms with Gasteiger partial charge in [-0.1, -0.05) is 43.3 Å². The molecule has 0 heterocycles. The molecule has 1 atom stereocenters. The smallest absolute Gasteiger partial charge is 0.136 e. The van der Waals surface area contributed by atoms with E-state index in [0.717, 1.165) is 18.5 Å². The summed E-state index contributed by atoms with van der Waals surface area (Å²) in [6, 6.07) is 18.6. The standard InChI is InChI=1S/C18H20N2O/c1-3-17(15-7-5-4-6-8-15)20-13-14-9-10-18(21-2)16(11-14)12-19/h4-11,17,20H,3,13H2,1-2H3. The number of methoxy groups -OCH3 is 1. The summed E-state index contributed by atoms with van der Waals surface area (Å²) >= 11 is 0. The predicted octanol–water partition coefficient (Wildman–Crippen LogP) is 3.81. The van der Waals surface area contributed by atoms with E-state index in [9.17, 15) is 0 Å². The van der Waals surface area contributed by atoms with Crippen LogP contribution in [0.3, 0.4) is 0 Å². The molecule has 3 nitrogen and oxygen atoms in total. The minimum Gasteiger partial charge on any atom is -0.495 e. The lowest BCUT2D eigenvalue weighted by Crippen LogP contribution is -2.20. The summed E-state index contributed by atoms with van der Waals surface area (Å²) in [6.45, 7) is 2.89. The van der Waals surface area contributed by atoms with Crippen molar-refractivity contribution in [3.8, 4) is 11.8 Å². The number of hydrogen-bond acceptors (Lipinski definition) is 3. The number of rotatable bonds is 6. The third kappa shape index (κ3) is 3.84. The van der Waals surface area contributed by atoms with E-state index in [4.69, 9.17) is 10.00 Å². The number of nitriles is 1. The van der Waals surface area contributed by atoms with Crippen LogP contribution in [0.25, 0.3) is 0 Å². The van der Waals surface area contributed by atoms with Crippen molar-refractivity contribution in [1.29, 1.82) is 5.26 Å². The summed E-state index contributed by atoms with van der Waals surface area (Å²) in [4.78, 5) is 0. The molecule has 2 aromatic carbocycles. The minimum absolute atomic E-state index is 0.318. The summed E-state index contributed by atoms with van der Waals surface area (Å²) in [5.74, 6) is 0.622. The van der Waals surface area contributed by atoms with Gasteiger partial charge in [0.25, 0.3) is 0 Å². The Morgan fingerprint density at radius 3 is 2.57 bits per heavy atom. The lowest BCUT2D eigenvalue weighted by Gasteiger charge is -2.17. The highest BCUT2D eigenvalue weighted by Gasteiger charge is 2.09. The fraction of sp³-hybridized carbons (Fsp3) is 0.278. The van der Waals surface area contributed by atoms with Gasteiger partial charge in [-0.15, -0.1) is 0 Å². The first-order chi connectivity index (χ1) is 10.3. The second-order valence-electron chi connectivity index (χ2n) is 4.90. The van der Waals surface area contributed by atoms with Crippen LogP contribution in [0.5, 0.6) is 5.75 Å². The van der Waals surface area contributed by atoms with E-state index in [1.807, 2.05) is 24.3 Å². The van der Waals surface area contributed by atoms with E-state index in [0.29, 0.717) is 17.4 Å². The molecule has 0 radical (unpaired) electrons. The molecule has 0 fully saturated rings. The molecule has 0 spiro atoms. The van der Waals surface area contributed by atoms with Crippen molar-refractivity contribution in [2.45, 2.75) is 25.9 Å². The quantitative estimate of drug-likeness (QED) is 0.875. The third-order valence-corrected chi connectivity index (χ3v) is 3.55. The van der Waals surface area contributed by atoms with Gasteiger partial charge in [0.15, 0.2) is 0 Å². The molecule has 0 aliphatic heterocycles. The first-order valence-electron chi connectivity index (χ1n) is 7.13. The van der Waals surface area contributed by atoms with Gasteiger partial charge in [0.1, 0.15) is 11.8 Å². The number of nitrogens with zero attached hydrogens (tertiary/aromatic N) is 1. The van der Waals surface area contributed by atoms with Gasteiger partial charge in [0, 0.05) is 12.6 Å². The Morgan fingerprint density at radius 2 is 1.95 bits per heavy atom. The van der Waals surface area contributed by atoms with E-state index in [-0.39, 0.29) is 0 Å². The zero-order valence-corrected chi connectivity index (χ0v) is 12.5. The van der Waals surface area contributed by atoms with Crippen LogP contribution in [0, 0.1) is 11.3 Å². The molecule has 2 aromatic rings. The van der Waals surface area contributed by atoms with Crippen molar-refractivity contribution in [3.63, 3.8) is 0 Å². The second kappa shape index (κ2) is 7.47. The molecule has 0 bridgehead atoms. The Labute approximate surface area is 126 Å². The second-order valence-corrected chi connectivity index (χ2v) is 4.90. The molecule has 2 rings (SSSR count). The zero-order valence-electron chi connectivity index (χ0n) is 12.5. The molecule has 1 N–H and O–H groups in total. The highest BCUT2D eigenvalue weighted by atomic mass is 16.5. The highest BCUT2D eigenvalue weighted by molar-refractivity contribution is 5.45. The maximum absolute atomic E-state index is 9.13. The third-order valence-electron chi connectivity index (χ3n) is 3.55. The zero-order chi connectivity index (χ0) is 15.1. The molecular formula is C18H20N2O. The first-order valence-corrected chi connectivity index (χ1v) is 7.13. The number of nitrogens with one attached hydrogen (secondary N) is 1. The summed E-state index contributed by atoms with van der Waals surface area (Å²) < 4.78 is 5.16. The van der Waals surface area contributed by atoms with Gasteiger partial charge in [-0.05, 0) is 29.7 Å². The van der Waals surface area contributed by atoms with E-state index in [2.05, 4.69) is 42.6 Å². The molecule has 0 aromatic heterocycles. The molecule has 0 aliphatic carbocycles. The Hall–Kier alpha value is -2.31. The van der Waals surface area contributed by atoms with Gasteiger partial charge in [-0.3, -0.25) is 0 Å². The van der Waals surface area contributed by atoms with Crippen LogP contribution in [0.1, 0.15) is 36.1 Å². The van der Waals surface area contributed by atoms with Crippen LogP contribution in [0.15, 0.2) is 48.5 Å². The Morgan fingerprint density at radius 1 is 1.19 bits per heavy atom. The molecule has 1 unspecified atom stereocenters. The molecule has 0 amide bonds. The SMILES string of the molecule is CCC(NCc1ccc(OC)c(C#N)c1)c1ccccc1. The van der Waals surface area contributed by atoms with E-state index >= 15 is 0 Å². The fourth-order valence-electron chi connectivity index (χ4n) is 2.38. The summed E-state index contributed by atoms with van der Waals surface area (Å²) in [5, 5.41) is 12.7. The highest BCUT2D eigenvalue weighted by Crippen LogP contribution is 2.20. The normalized spacial score (nSPS) is 11.7. The fourth-order valence-corrected chi connectivity index (χ4v) is 2.38. The van der Waals surface area contributed by atoms with Crippen molar-refractivity contribution in [2.75, 3.05) is 7.11 Å². The summed E-state index contributed by atoms with van der Waals surface area (Å²) in [5.41, 5.74) is 2.94. The average Bonchev–Trinajstić information content (AvgIpc) is 2.56. The topological polar surface area (TPSA) is 45.0 Å². The Kier molecular flexibility index (Phi) is 5.36. The molecule has 0 saturated carbocycles. The maximum atomic E-state index is 9.13. The van der Waals surface area contributed by atoms with E-state index in [1.165, 1.54) is 5.56 Å². The van der Waals surface area contributed by atoms with Gasteiger partial charge in [0.2, 0.25) is 0 Å². The van der Waals surface area contributed by atoms with Crippen molar-refractivity contribution in [3.05, 3.63) is 65.2 Å². The van der Waals surface area contributed by atoms with Gasteiger partial charge in [-0.25, -0.2) is 0 Å². The Balaban J connectivity index is 2.07. The number of ether oxygens (including phenoxy) is 1. The van der Waals surface area contributed by atoms with E-state index in [1.54, 1.807) is 7.11 Å². The molecule has 21 heavy (non-hydrogen) atoms. The van der Waals surface area contributed by atoms with Crippen molar-refractivity contribution in [1.82, 2.24) is 5.32 Å². The monoisotopic (exact) mass is 280 g/mol. The molecule has 0 saturated heterocycles. The number of benzene rings is 2. The van der Waals surface area contributed by atoms with Crippen LogP contribution < -0.4 is 10.1 Å². The first kappa shape index (κ1) is 15.1. The van der Waals surface area contributed by atoms with Gasteiger partial charge in [-0.2, -0.15) is 5.26 Å². The van der Waals surface area contributed by atoms with Gasteiger partial charge >= 0.3 is 0 Å². The molecule has 3 heteroatoms. The van der Waals surface area contributed by atoms with Gasteiger partial charge < -0.3 is 10.1 Å². The minimum atomic E-state index is 0.318. The molecular weight excluding hydrogens is 260 g/mol. The van der Waals surface area contributed by atoms with Crippen molar-refractivity contribution in [2.24, 2.45) is 0 Å². The largest absolute Gasteiger partial charge is 0.495 e. The van der Waals surface area contributed by atoms with Crippen LogP contribution in [0.4, 0.5) is 0 Å². The maximum Gasteiger partial charge on any atom is 0.136 e. The average molecular weight is 280 g/mol. The van der Waals surface area contributed by atoms with Crippen molar-refractivity contribution < 1.29 is 4.74 Å². The number of hydrogen-bond donors (Lipinski definition) is 1. The van der Waals surface area contributed by atoms with Crippen molar-refractivity contribution >= 4 is 0 Å². The predicted molar refractivity (Wildman–Crippen MR) is 84.0 cm³/mol. The molecule has 108 valence electrons. The van der Waals surface area contributed by atoms with Crippen LogP contribution in [-0.2, 0) is 6.54 Å².